The van der Waals surface area contributed by atoms with Crippen molar-refractivity contribution in [3.63, 3.8) is 0 Å². The topological polar surface area (TPSA) is 76.7 Å². The predicted molar refractivity (Wildman–Crippen MR) is 110 cm³/mol. The Morgan fingerprint density at radius 2 is 1.57 bits per heavy atom. The number of carbonyl (C=O) groups is 2. The summed E-state index contributed by atoms with van der Waals surface area (Å²) in [7, 11) is 3.11. The number of hydrogen-bond donors (Lipinski definition) is 2. The van der Waals surface area contributed by atoms with E-state index in [4.69, 9.17) is 9.47 Å². The van der Waals surface area contributed by atoms with E-state index in [1.807, 2.05) is 6.07 Å². The molecule has 0 aliphatic carbocycles. The van der Waals surface area contributed by atoms with E-state index in [0.29, 0.717) is 17.2 Å². The number of hydrogen-bond acceptors (Lipinski definition) is 4. The van der Waals surface area contributed by atoms with Crippen LogP contribution < -0.4 is 20.1 Å². The van der Waals surface area contributed by atoms with Gasteiger partial charge in [0, 0.05) is 5.41 Å². The van der Waals surface area contributed by atoms with Crippen LogP contribution in [0, 0.1) is 5.41 Å². The van der Waals surface area contributed by atoms with Crippen LogP contribution in [0.15, 0.2) is 54.2 Å². The maximum absolute atomic E-state index is 12.9. The molecule has 2 rings (SSSR count). The summed E-state index contributed by atoms with van der Waals surface area (Å²) in [5, 5.41) is 5.52. The van der Waals surface area contributed by atoms with Crippen LogP contribution in [0.2, 0.25) is 0 Å². The third kappa shape index (κ3) is 5.61. The van der Waals surface area contributed by atoms with Crippen LogP contribution in [0.5, 0.6) is 11.5 Å². The van der Waals surface area contributed by atoms with Crippen LogP contribution in [-0.4, -0.2) is 26.0 Å². The van der Waals surface area contributed by atoms with Crippen molar-refractivity contribution in [1.29, 1.82) is 0 Å². The Morgan fingerprint density at radius 1 is 0.929 bits per heavy atom. The van der Waals surface area contributed by atoms with Crippen LogP contribution in [0.3, 0.4) is 0 Å². The third-order valence-corrected chi connectivity index (χ3v) is 3.96. The van der Waals surface area contributed by atoms with Crippen molar-refractivity contribution in [3.8, 4) is 11.5 Å². The Bertz CT molecular complexity index is 865. The lowest BCUT2D eigenvalue weighted by atomic mass is 9.95. The lowest BCUT2D eigenvalue weighted by molar-refractivity contribution is -0.128. The van der Waals surface area contributed by atoms with Crippen molar-refractivity contribution in [3.05, 3.63) is 59.8 Å². The van der Waals surface area contributed by atoms with Crippen LogP contribution >= 0.6 is 0 Å². The zero-order valence-electron chi connectivity index (χ0n) is 16.8. The maximum Gasteiger partial charge on any atom is 0.272 e. The van der Waals surface area contributed by atoms with Gasteiger partial charge >= 0.3 is 0 Å². The smallest absolute Gasteiger partial charge is 0.272 e. The van der Waals surface area contributed by atoms with Gasteiger partial charge in [-0.05, 0) is 35.9 Å². The largest absolute Gasteiger partial charge is 0.497 e. The number of nitrogens with one attached hydrogen (secondary N) is 2. The fourth-order valence-electron chi connectivity index (χ4n) is 2.27. The van der Waals surface area contributed by atoms with Gasteiger partial charge in [0.1, 0.15) is 17.2 Å². The molecule has 0 heterocycles. The Hall–Kier alpha value is -3.28. The van der Waals surface area contributed by atoms with E-state index in [2.05, 4.69) is 10.6 Å². The first-order chi connectivity index (χ1) is 13.2. The zero-order valence-corrected chi connectivity index (χ0v) is 16.8. The molecule has 2 N–H and O–H groups in total. The third-order valence-electron chi connectivity index (χ3n) is 3.96. The number of methoxy groups -OCH3 is 2. The standard InChI is InChI=1S/C22H26N2O4/c1-22(2,3)21(26)24-18(14-15-10-12-16(27-4)13-11-15)20(25)23-17-8-6-7-9-19(17)28-5/h6-14H,1-5H3,(H,23,25)(H,24,26)/b18-14+. The van der Waals surface area contributed by atoms with Crippen molar-refractivity contribution < 1.29 is 19.1 Å². The van der Waals surface area contributed by atoms with Crippen LogP contribution in [0.4, 0.5) is 5.69 Å². The highest BCUT2D eigenvalue weighted by molar-refractivity contribution is 6.09. The second-order valence-electron chi connectivity index (χ2n) is 7.19. The quantitative estimate of drug-likeness (QED) is 0.744. The number of para-hydroxylation sites is 2. The average Bonchev–Trinajstić information content (AvgIpc) is 2.67. The summed E-state index contributed by atoms with van der Waals surface area (Å²) < 4.78 is 10.4. The molecule has 0 atom stereocenters. The first-order valence-electron chi connectivity index (χ1n) is 8.86. The second-order valence-corrected chi connectivity index (χ2v) is 7.19. The lowest BCUT2D eigenvalue weighted by Crippen LogP contribution is -2.38. The molecule has 0 aliphatic heterocycles. The Morgan fingerprint density at radius 3 is 2.14 bits per heavy atom. The average molecular weight is 382 g/mol. The van der Waals surface area contributed by atoms with E-state index >= 15 is 0 Å². The molecule has 0 unspecified atom stereocenters. The summed E-state index contributed by atoms with van der Waals surface area (Å²) in [6.45, 7) is 5.35. The molecule has 0 radical (unpaired) electrons. The van der Waals surface area contributed by atoms with E-state index in [0.717, 1.165) is 5.56 Å². The lowest BCUT2D eigenvalue weighted by Gasteiger charge is -2.19. The number of carbonyl (C=O) groups excluding carboxylic acids is 2. The van der Waals surface area contributed by atoms with Crippen molar-refractivity contribution >= 4 is 23.6 Å². The van der Waals surface area contributed by atoms with Gasteiger partial charge in [0.05, 0.1) is 19.9 Å². The van der Waals surface area contributed by atoms with Gasteiger partial charge in [-0.1, -0.05) is 45.0 Å². The minimum absolute atomic E-state index is 0.135. The van der Waals surface area contributed by atoms with Crippen molar-refractivity contribution in [2.75, 3.05) is 19.5 Å². The molecular weight excluding hydrogens is 356 g/mol. The van der Waals surface area contributed by atoms with Crippen molar-refractivity contribution in [1.82, 2.24) is 5.32 Å². The van der Waals surface area contributed by atoms with E-state index in [9.17, 15) is 9.59 Å². The van der Waals surface area contributed by atoms with Gasteiger partial charge in [-0.15, -0.1) is 0 Å². The van der Waals surface area contributed by atoms with E-state index in [1.54, 1.807) is 76.4 Å². The summed E-state index contributed by atoms with van der Waals surface area (Å²) >= 11 is 0. The van der Waals surface area contributed by atoms with Gasteiger partial charge in [-0.25, -0.2) is 0 Å². The molecular formula is C22H26N2O4. The molecule has 28 heavy (non-hydrogen) atoms. The highest BCUT2D eigenvalue weighted by Crippen LogP contribution is 2.24. The zero-order chi connectivity index (χ0) is 20.7. The highest BCUT2D eigenvalue weighted by atomic mass is 16.5. The Kier molecular flexibility index (Phi) is 6.82. The maximum atomic E-state index is 12.9. The summed E-state index contributed by atoms with van der Waals surface area (Å²) in [6, 6.07) is 14.3. The van der Waals surface area contributed by atoms with Gasteiger partial charge in [0.25, 0.3) is 5.91 Å². The first-order valence-corrected chi connectivity index (χ1v) is 8.86. The first kappa shape index (κ1) is 21.0. The van der Waals surface area contributed by atoms with Gasteiger partial charge in [0.2, 0.25) is 5.91 Å². The molecule has 0 aliphatic rings. The van der Waals surface area contributed by atoms with Gasteiger partial charge in [-0.3, -0.25) is 9.59 Å². The van der Waals surface area contributed by atoms with E-state index in [1.165, 1.54) is 7.11 Å². The predicted octanol–water partition coefficient (Wildman–Crippen LogP) is 3.85. The molecule has 0 bridgehead atoms. The minimum atomic E-state index is -0.649. The molecule has 2 aromatic carbocycles. The fourth-order valence-corrected chi connectivity index (χ4v) is 2.27. The van der Waals surface area contributed by atoms with Crippen LogP contribution in [-0.2, 0) is 9.59 Å². The normalized spacial score (nSPS) is 11.5. The summed E-state index contributed by atoms with van der Waals surface area (Å²) in [6.07, 6.45) is 1.62. The van der Waals surface area contributed by atoms with Gasteiger partial charge in [-0.2, -0.15) is 0 Å². The Balaban J connectivity index is 2.34. The second kappa shape index (κ2) is 9.08. The number of amides is 2. The minimum Gasteiger partial charge on any atom is -0.497 e. The molecule has 0 saturated carbocycles. The Labute approximate surface area is 165 Å². The summed E-state index contributed by atoms with van der Waals surface area (Å²) in [4.78, 5) is 25.4. The van der Waals surface area contributed by atoms with Gasteiger partial charge in [0.15, 0.2) is 0 Å². The van der Waals surface area contributed by atoms with Crippen molar-refractivity contribution in [2.45, 2.75) is 20.8 Å². The molecule has 2 aromatic rings. The number of ether oxygens (including phenoxy) is 2. The fraction of sp³-hybridized carbons (Fsp3) is 0.273. The van der Waals surface area contributed by atoms with E-state index in [-0.39, 0.29) is 11.6 Å². The SMILES string of the molecule is COc1ccc(/C=C(/NC(=O)C(C)(C)C)C(=O)Nc2ccccc2OC)cc1. The molecule has 6 heteroatoms. The number of rotatable bonds is 6. The summed E-state index contributed by atoms with van der Waals surface area (Å²) in [5.41, 5.74) is 0.751. The molecule has 0 aromatic heterocycles. The summed E-state index contributed by atoms with van der Waals surface area (Å²) in [5.74, 6) is 0.526. The molecule has 2 amide bonds. The molecule has 0 saturated heterocycles. The van der Waals surface area contributed by atoms with Crippen LogP contribution in [0.1, 0.15) is 26.3 Å². The molecule has 6 nitrogen and oxygen atoms in total. The molecule has 0 fully saturated rings. The monoisotopic (exact) mass is 382 g/mol. The van der Waals surface area contributed by atoms with E-state index < -0.39 is 11.3 Å². The molecule has 148 valence electrons. The van der Waals surface area contributed by atoms with Gasteiger partial charge < -0.3 is 20.1 Å². The van der Waals surface area contributed by atoms with Crippen LogP contribution in [0.25, 0.3) is 6.08 Å². The van der Waals surface area contributed by atoms with Crippen molar-refractivity contribution in [2.24, 2.45) is 5.41 Å². The highest BCUT2D eigenvalue weighted by Gasteiger charge is 2.24. The number of benzene rings is 2. The number of anilines is 1. The molecule has 0 spiro atoms.